The van der Waals surface area contributed by atoms with Crippen LogP contribution < -0.4 is 10.2 Å². The first-order valence-corrected chi connectivity index (χ1v) is 7.77. The zero-order valence-electron chi connectivity index (χ0n) is 12.9. The highest BCUT2D eigenvalue weighted by molar-refractivity contribution is 5.44. The summed E-state index contributed by atoms with van der Waals surface area (Å²) in [6.45, 7) is 4.03. The SMILES string of the molecule is Cc1ccc(N2CCC(Nc3ccc4nnnn4n3)CC2)nc1. The lowest BCUT2D eigenvalue weighted by atomic mass is 10.0. The monoisotopic (exact) mass is 310 g/mol. The number of piperidine rings is 1. The number of aromatic nitrogens is 6. The highest BCUT2D eigenvalue weighted by atomic mass is 15.6. The maximum absolute atomic E-state index is 4.51. The number of aryl methyl sites for hydroxylation is 1. The van der Waals surface area contributed by atoms with Crippen LogP contribution >= 0.6 is 0 Å². The smallest absolute Gasteiger partial charge is 0.200 e. The summed E-state index contributed by atoms with van der Waals surface area (Å²) in [6, 6.07) is 8.38. The molecule has 4 rings (SSSR count). The summed E-state index contributed by atoms with van der Waals surface area (Å²) in [5.74, 6) is 1.86. The van der Waals surface area contributed by atoms with Gasteiger partial charge in [0.2, 0.25) is 0 Å². The van der Waals surface area contributed by atoms with Gasteiger partial charge in [-0.3, -0.25) is 0 Å². The fourth-order valence-corrected chi connectivity index (χ4v) is 2.84. The van der Waals surface area contributed by atoms with Gasteiger partial charge in [0, 0.05) is 25.3 Å². The molecular formula is C15H18N8. The maximum Gasteiger partial charge on any atom is 0.200 e. The highest BCUT2D eigenvalue weighted by Crippen LogP contribution is 2.20. The van der Waals surface area contributed by atoms with Crippen LogP contribution in [0.3, 0.4) is 0 Å². The van der Waals surface area contributed by atoms with Crippen LogP contribution in [0.5, 0.6) is 0 Å². The molecule has 4 heterocycles. The van der Waals surface area contributed by atoms with Crippen molar-refractivity contribution < 1.29 is 0 Å². The number of fused-ring (bicyclic) bond motifs is 1. The van der Waals surface area contributed by atoms with Gasteiger partial charge in [0.05, 0.1) is 0 Å². The Labute approximate surface area is 133 Å². The number of rotatable bonds is 3. The molecule has 3 aromatic rings. The predicted molar refractivity (Wildman–Crippen MR) is 86.4 cm³/mol. The predicted octanol–water partition coefficient (Wildman–Crippen LogP) is 1.30. The van der Waals surface area contributed by atoms with E-state index in [9.17, 15) is 0 Å². The topological polar surface area (TPSA) is 84.1 Å². The molecule has 118 valence electrons. The third-order valence-electron chi connectivity index (χ3n) is 4.14. The van der Waals surface area contributed by atoms with E-state index < -0.39 is 0 Å². The second-order valence-corrected chi connectivity index (χ2v) is 5.84. The molecular weight excluding hydrogens is 292 g/mol. The van der Waals surface area contributed by atoms with Crippen molar-refractivity contribution in [3.8, 4) is 0 Å². The van der Waals surface area contributed by atoms with Crippen molar-refractivity contribution in [3.05, 3.63) is 36.0 Å². The molecule has 23 heavy (non-hydrogen) atoms. The fourth-order valence-electron chi connectivity index (χ4n) is 2.84. The largest absolute Gasteiger partial charge is 0.366 e. The van der Waals surface area contributed by atoms with Crippen molar-refractivity contribution in [1.82, 2.24) is 30.2 Å². The van der Waals surface area contributed by atoms with Crippen molar-refractivity contribution in [3.63, 3.8) is 0 Å². The number of nitrogens with one attached hydrogen (secondary N) is 1. The Morgan fingerprint density at radius 3 is 2.78 bits per heavy atom. The quantitative estimate of drug-likeness (QED) is 0.780. The Morgan fingerprint density at radius 2 is 2.00 bits per heavy atom. The number of pyridine rings is 1. The van der Waals surface area contributed by atoms with Crippen LogP contribution in [0, 0.1) is 6.92 Å². The Balaban J connectivity index is 1.38. The first kappa shape index (κ1) is 13.9. The van der Waals surface area contributed by atoms with E-state index in [4.69, 9.17) is 0 Å². The zero-order valence-corrected chi connectivity index (χ0v) is 12.9. The van der Waals surface area contributed by atoms with Crippen molar-refractivity contribution in [2.75, 3.05) is 23.3 Å². The third-order valence-corrected chi connectivity index (χ3v) is 4.14. The molecule has 1 aliphatic rings. The van der Waals surface area contributed by atoms with Crippen molar-refractivity contribution in [1.29, 1.82) is 0 Å². The molecule has 0 aromatic carbocycles. The van der Waals surface area contributed by atoms with Gasteiger partial charge in [-0.05, 0) is 54.0 Å². The summed E-state index contributed by atoms with van der Waals surface area (Å²) in [6.07, 6.45) is 4.01. The van der Waals surface area contributed by atoms with Crippen LogP contribution in [-0.2, 0) is 0 Å². The lowest BCUT2D eigenvalue weighted by molar-refractivity contribution is 0.521. The van der Waals surface area contributed by atoms with Crippen LogP contribution in [0.1, 0.15) is 18.4 Å². The molecule has 0 amide bonds. The van der Waals surface area contributed by atoms with Crippen molar-refractivity contribution in [2.45, 2.75) is 25.8 Å². The Hall–Kier alpha value is -2.77. The van der Waals surface area contributed by atoms with Gasteiger partial charge in [-0.25, -0.2) is 4.98 Å². The lowest BCUT2D eigenvalue weighted by Crippen LogP contribution is -2.39. The fraction of sp³-hybridized carbons (Fsp3) is 0.400. The van der Waals surface area contributed by atoms with Crippen molar-refractivity contribution in [2.24, 2.45) is 0 Å². The summed E-state index contributed by atoms with van der Waals surface area (Å²) in [5.41, 5.74) is 1.84. The number of hydrogen-bond donors (Lipinski definition) is 1. The van der Waals surface area contributed by atoms with Crippen LogP contribution in [0.15, 0.2) is 30.5 Å². The van der Waals surface area contributed by atoms with Crippen LogP contribution in [0.2, 0.25) is 0 Å². The van der Waals surface area contributed by atoms with Gasteiger partial charge in [0.1, 0.15) is 11.6 Å². The first-order chi connectivity index (χ1) is 11.3. The van der Waals surface area contributed by atoms with E-state index in [0.717, 1.165) is 37.6 Å². The minimum atomic E-state index is 0.401. The van der Waals surface area contributed by atoms with Gasteiger partial charge < -0.3 is 10.2 Å². The third kappa shape index (κ3) is 2.92. The second kappa shape index (κ2) is 5.79. The van der Waals surface area contributed by atoms with Crippen LogP contribution in [0.25, 0.3) is 5.65 Å². The minimum absolute atomic E-state index is 0.401. The van der Waals surface area contributed by atoms with Gasteiger partial charge >= 0.3 is 0 Å². The van der Waals surface area contributed by atoms with Gasteiger partial charge in [-0.2, -0.15) is 0 Å². The van der Waals surface area contributed by atoms with Gasteiger partial charge in [-0.1, -0.05) is 6.07 Å². The average Bonchev–Trinajstić information content (AvgIpc) is 3.04. The molecule has 0 radical (unpaired) electrons. The van der Waals surface area contributed by atoms with Gasteiger partial charge in [0.15, 0.2) is 5.65 Å². The molecule has 0 spiro atoms. The van der Waals surface area contributed by atoms with Crippen LogP contribution in [0.4, 0.5) is 11.6 Å². The summed E-state index contributed by atoms with van der Waals surface area (Å²) in [7, 11) is 0. The number of tetrazole rings is 1. The molecule has 0 atom stereocenters. The molecule has 0 aliphatic carbocycles. The van der Waals surface area contributed by atoms with E-state index in [2.05, 4.69) is 54.9 Å². The van der Waals surface area contributed by atoms with Crippen molar-refractivity contribution >= 4 is 17.3 Å². The molecule has 1 saturated heterocycles. The molecule has 0 bridgehead atoms. The summed E-state index contributed by atoms with van der Waals surface area (Å²) >= 11 is 0. The Kier molecular flexibility index (Phi) is 3.49. The summed E-state index contributed by atoms with van der Waals surface area (Å²) < 4.78 is 1.44. The van der Waals surface area contributed by atoms with Gasteiger partial charge in [-0.15, -0.1) is 14.8 Å². The molecule has 8 nitrogen and oxygen atoms in total. The molecule has 3 aromatic heterocycles. The summed E-state index contributed by atoms with van der Waals surface area (Å²) in [5, 5.41) is 19.1. The lowest BCUT2D eigenvalue weighted by Gasteiger charge is -2.33. The average molecular weight is 310 g/mol. The molecule has 8 heteroatoms. The number of hydrogen-bond acceptors (Lipinski definition) is 7. The zero-order chi connectivity index (χ0) is 15.6. The second-order valence-electron chi connectivity index (χ2n) is 5.84. The van der Waals surface area contributed by atoms with E-state index in [1.54, 1.807) is 0 Å². The van der Waals surface area contributed by atoms with E-state index in [-0.39, 0.29) is 0 Å². The number of nitrogens with zero attached hydrogens (tertiary/aromatic N) is 7. The minimum Gasteiger partial charge on any atom is -0.366 e. The number of anilines is 2. The first-order valence-electron chi connectivity index (χ1n) is 7.77. The van der Waals surface area contributed by atoms with E-state index in [0.29, 0.717) is 11.7 Å². The standard InChI is InChI=1S/C15H18N8/c1-11-2-4-14(16-10-11)22-8-6-12(7-9-22)17-13-3-5-15-18-20-21-23(15)19-13/h2-5,10,12H,6-9H2,1H3,(H,17,19). The van der Waals surface area contributed by atoms with Crippen LogP contribution in [-0.4, -0.2) is 49.4 Å². The van der Waals surface area contributed by atoms with E-state index in [1.807, 2.05) is 18.3 Å². The molecule has 0 saturated carbocycles. The van der Waals surface area contributed by atoms with Gasteiger partial charge in [0.25, 0.3) is 0 Å². The molecule has 1 aliphatic heterocycles. The molecule has 1 N–H and O–H groups in total. The van der Waals surface area contributed by atoms with E-state index >= 15 is 0 Å². The maximum atomic E-state index is 4.51. The summed E-state index contributed by atoms with van der Waals surface area (Å²) in [4.78, 5) is 6.84. The molecule has 0 unspecified atom stereocenters. The highest BCUT2D eigenvalue weighted by Gasteiger charge is 2.20. The molecule has 1 fully saturated rings. The normalized spacial score (nSPS) is 16.0. The Morgan fingerprint density at radius 1 is 1.13 bits per heavy atom. The van der Waals surface area contributed by atoms with E-state index in [1.165, 1.54) is 10.2 Å². The Bertz CT molecular complexity index is 789.